The molecule has 2 amide bonds. The van der Waals surface area contributed by atoms with Crippen molar-refractivity contribution in [3.8, 4) is 0 Å². The van der Waals surface area contributed by atoms with Crippen molar-refractivity contribution >= 4 is 6.03 Å². The number of likely N-dealkylation sites (tertiary alicyclic amines) is 2. The number of hydrogen-bond donors (Lipinski definition) is 1. The number of carbonyl (C=O) groups is 1. The number of carbonyl (C=O) groups excluding carboxylic acids is 1. The third-order valence-electron chi connectivity index (χ3n) is 5.11. The van der Waals surface area contributed by atoms with Crippen LogP contribution in [0, 0.1) is 11.8 Å². The van der Waals surface area contributed by atoms with Gasteiger partial charge in [0.15, 0.2) is 0 Å². The van der Waals surface area contributed by atoms with Crippen LogP contribution in [0.5, 0.6) is 0 Å². The molecule has 0 saturated carbocycles. The van der Waals surface area contributed by atoms with Crippen LogP contribution < -0.4 is 5.32 Å². The minimum absolute atomic E-state index is 0.286. The van der Waals surface area contributed by atoms with Gasteiger partial charge in [0.2, 0.25) is 0 Å². The van der Waals surface area contributed by atoms with E-state index in [2.05, 4.69) is 35.9 Å². The lowest BCUT2D eigenvalue weighted by Crippen LogP contribution is -2.55. The van der Waals surface area contributed by atoms with E-state index in [-0.39, 0.29) is 6.03 Å². The molecule has 0 aromatic rings. The zero-order valence-corrected chi connectivity index (χ0v) is 14.1. The summed E-state index contributed by atoms with van der Waals surface area (Å²) in [6.07, 6.45) is 5.87. The van der Waals surface area contributed by atoms with Crippen LogP contribution in [0.3, 0.4) is 0 Å². The summed E-state index contributed by atoms with van der Waals surface area (Å²) in [5, 5.41) is 3.67. The summed E-state index contributed by atoms with van der Waals surface area (Å²) in [6, 6.07) is 0.883. The Morgan fingerprint density at radius 2 is 1.90 bits per heavy atom. The summed E-state index contributed by atoms with van der Waals surface area (Å²) >= 11 is 0. The molecule has 0 radical (unpaired) electrons. The van der Waals surface area contributed by atoms with Gasteiger partial charge in [-0.05, 0) is 44.1 Å². The molecule has 2 saturated heterocycles. The second kappa shape index (κ2) is 8.02. The van der Waals surface area contributed by atoms with Crippen LogP contribution in [0.15, 0.2) is 0 Å². The predicted octanol–water partition coefficient (Wildman–Crippen LogP) is 2.94. The Labute approximate surface area is 130 Å². The number of piperidine rings is 2. The fourth-order valence-corrected chi connectivity index (χ4v) is 3.78. The van der Waals surface area contributed by atoms with Crippen molar-refractivity contribution < 1.29 is 4.79 Å². The van der Waals surface area contributed by atoms with Crippen LogP contribution in [-0.4, -0.2) is 54.6 Å². The number of nitrogens with zero attached hydrogens (tertiary/aromatic N) is 2. The first kappa shape index (κ1) is 16.6. The Morgan fingerprint density at radius 3 is 2.57 bits per heavy atom. The second-order valence-corrected chi connectivity index (χ2v) is 6.94. The first-order chi connectivity index (χ1) is 10.2. The molecule has 0 aliphatic carbocycles. The number of nitrogens with one attached hydrogen (secondary N) is 1. The van der Waals surface area contributed by atoms with Gasteiger partial charge < -0.3 is 15.1 Å². The smallest absolute Gasteiger partial charge is 0.320 e. The van der Waals surface area contributed by atoms with Gasteiger partial charge in [-0.25, -0.2) is 4.79 Å². The molecule has 1 N–H and O–H groups in total. The second-order valence-electron chi connectivity index (χ2n) is 6.94. The molecule has 2 heterocycles. The molecule has 0 bridgehead atoms. The van der Waals surface area contributed by atoms with E-state index in [9.17, 15) is 4.79 Å². The van der Waals surface area contributed by atoms with Crippen molar-refractivity contribution in [2.45, 2.75) is 58.9 Å². The maximum Gasteiger partial charge on any atom is 0.320 e. The molecule has 2 aliphatic rings. The average Bonchev–Trinajstić information content (AvgIpc) is 2.52. The molecule has 3 unspecified atom stereocenters. The van der Waals surface area contributed by atoms with Crippen molar-refractivity contribution in [2.24, 2.45) is 11.8 Å². The highest BCUT2D eigenvalue weighted by atomic mass is 16.2. The standard InChI is InChI=1S/C17H33N3O/c1-4-9-18-16-8-11-20(13-15(16)5-2)17(21)19-10-6-7-14(3)12-19/h14-16,18H,4-13H2,1-3H3. The molecule has 0 aromatic carbocycles. The zero-order valence-electron chi connectivity index (χ0n) is 14.1. The van der Waals surface area contributed by atoms with E-state index in [1.165, 1.54) is 19.3 Å². The lowest BCUT2D eigenvalue weighted by Gasteiger charge is -2.42. The Balaban J connectivity index is 1.88. The molecule has 2 aliphatic heterocycles. The van der Waals surface area contributed by atoms with E-state index >= 15 is 0 Å². The Hall–Kier alpha value is -0.770. The highest BCUT2D eigenvalue weighted by molar-refractivity contribution is 5.74. The fourth-order valence-electron chi connectivity index (χ4n) is 3.78. The first-order valence-electron chi connectivity index (χ1n) is 8.92. The molecule has 21 heavy (non-hydrogen) atoms. The van der Waals surface area contributed by atoms with Crippen molar-refractivity contribution in [3.63, 3.8) is 0 Å². The quantitative estimate of drug-likeness (QED) is 0.865. The molecule has 122 valence electrons. The highest BCUT2D eigenvalue weighted by Gasteiger charge is 2.32. The van der Waals surface area contributed by atoms with Gasteiger partial charge in [-0.2, -0.15) is 0 Å². The average molecular weight is 295 g/mol. The number of urea groups is 1. The minimum atomic E-state index is 0.286. The SMILES string of the molecule is CCCNC1CCN(C(=O)N2CCCC(C)C2)CC1CC. The Morgan fingerprint density at radius 1 is 1.14 bits per heavy atom. The minimum Gasteiger partial charge on any atom is -0.324 e. The molecule has 2 fully saturated rings. The largest absolute Gasteiger partial charge is 0.324 e. The normalized spacial score (nSPS) is 30.5. The van der Waals surface area contributed by atoms with Crippen molar-refractivity contribution in [3.05, 3.63) is 0 Å². The van der Waals surface area contributed by atoms with Gasteiger partial charge in [-0.15, -0.1) is 0 Å². The van der Waals surface area contributed by atoms with Crippen LogP contribution in [0.1, 0.15) is 52.9 Å². The molecular weight excluding hydrogens is 262 g/mol. The van der Waals surface area contributed by atoms with Crippen LogP contribution in [-0.2, 0) is 0 Å². The van der Waals surface area contributed by atoms with Crippen LogP contribution in [0.4, 0.5) is 4.79 Å². The summed E-state index contributed by atoms with van der Waals surface area (Å²) < 4.78 is 0. The molecule has 0 aromatic heterocycles. The van der Waals surface area contributed by atoms with E-state index in [1.807, 2.05) is 0 Å². The van der Waals surface area contributed by atoms with Gasteiger partial charge in [-0.1, -0.05) is 27.2 Å². The number of rotatable bonds is 4. The van der Waals surface area contributed by atoms with Gasteiger partial charge in [0.25, 0.3) is 0 Å². The van der Waals surface area contributed by atoms with Gasteiger partial charge in [0.05, 0.1) is 0 Å². The predicted molar refractivity (Wildman–Crippen MR) is 87.4 cm³/mol. The molecular formula is C17H33N3O. The van der Waals surface area contributed by atoms with Gasteiger partial charge in [-0.3, -0.25) is 0 Å². The number of hydrogen-bond acceptors (Lipinski definition) is 2. The molecule has 4 nitrogen and oxygen atoms in total. The highest BCUT2D eigenvalue weighted by Crippen LogP contribution is 2.23. The molecule has 3 atom stereocenters. The zero-order chi connectivity index (χ0) is 15.2. The Bertz CT molecular complexity index is 334. The van der Waals surface area contributed by atoms with Crippen LogP contribution in [0.25, 0.3) is 0 Å². The summed E-state index contributed by atoms with van der Waals surface area (Å²) in [5.74, 6) is 1.27. The van der Waals surface area contributed by atoms with Crippen LogP contribution in [0.2, 0.25) is 0 Å². The van der Waals surface area contributed by atoms with Crippen molar-refractivity contribution in [2.75, 3.05) is 32.7 Å². The fraction of sp³-hybridized carbons (Fsp3) is 0.941. The lowest BCUT2D eigenvalue weighted by atomic mass is 9.90. The maximum atomic E-state index is 12.7. The molecule has 0 spiro atoms. The van der Waals surface area contributed by atoms with Gasteiger partial charge in [0, 0.05) is 32.2 Å². The number of amides is 2. The molecule has 4 heteroatoms. The van der Waals surface area contributed by atoms with E-state index in [0.29, 0.717) is 17.9 Å². The summed E-state index contributed by atoms with van der Waals surface area (Å²) in [5.41, 5.74) is 0. The maximum absolute atomic E-state index is 12.7. The summed E-state index contributed by atoms with van der Waals surface area (Å²) in [6.45, 7) is 11.6. The van der Waals surface area contributed by atoms with Crippen molar-refractivity contribution in [1.29, 1.82) is 0 Å². The van der Waals surface area contributed by atoms with E-state index < -0.39 is 0 Å². The third-order valence-corrected chi connectivity index (χ3v) is 5.11. The summed E-state index contributed by atoms with van der Waals surface area (Å²) in [4.78, 5) is 16.9. The third kappa shape index (κ3) is 4.35. The van der Waals surface area contributed by atoms with Gasteiger partial charge >= 0.3 is 6.03 Å². The Kier molecular flexibility index (Phi) is 6.34. The van der Waals surface area contributed by atoms with E-state index in [4.69, 9.17) is 0 Å². The van der Waals surface area contributed by atoms with E-state index in [0.717, 1.165) is 45.6 Å². The molecule has 2 rings (SSSR count). The monoisotopic (exact) mass is 295 g/mol. The first-order valence-corrected chi connectivity index (χ1v) is 8.92. The topological polar surface area (TPSA) is 35.6 Å². The van der Waals surface area contributed by atoms with Crippen LogP contribution >= 0.6 is 0 Å². The van der Waals surface area contributed by atoms with E-state index in [1.54, 1.807) is 0 Å². The summed E-state index contributed by atoms with van der Waals surface area (Å²) in [7, 11) is 0. The van der Waals surface area contributed by atoms with Gasteiger partial charge in [0.1, 0.15) is 0 Å². The lowest BCUT2D eigenvalue weighted by molar-refractivity contribution is 0.0993. The van der Waals surface area contributed by atoms with Crippen molar-refractivity contribution in [1.82, 2.24) is 15.1 Å².